The average molecular weight is 713 g/mol. The van der Waals surface area contributed by atoms with Crippen molar-refractivity contribution in [1.82, 2.24) is 24.1 Å². The van der Waals surface area contributed by atoms with Crippen molar-refractivity contribution in [2.45, 2.75) is 90.6 Å². The van der Waals surface area contributed by atoms with E-state index in [4.69, 9.17) is 26.1 Å². The van der Waals surface area contributed by atoms with Gasteiger partial charge in [-0.15, -0.1) is 5.10 Å². The van der Waals surface area contributed by atoms with E-state index in [9.17, 15) is 27.9 Å². The number of aliphatic hydroxyl groups is 1. The highest BCUT2D eigenvalue weighted by atomic mass is 35.5. The van der Waals surface area contributed by atoms with E-state index in [0.29, 0.717) is 56.5 Å². The van der Waals surface area contributed by atoms with Crippen LogP contribution in [0.1, 0.15) is 58.7 Å². The monoisotopic (exact) mass is 712 g/mol. The molecule has 4 heterocycles. The Morgan fingerprint density at radius 1 is 1.14 bits per heavy atom. The number of aliphatic hydroxyl groups excluding tert-OH is 1. The minimum Gasteiger partial charge on any atom is -0.444 e. The van der Waals surface area contributed by atoms with Crippen molar-refractivity contribution in [3.05, 3.63) is 44.8 Å². The van der Waals surface area contributed by atoms with Crippen LogP contribution in [0.25, 0.3) is 5.78 Å². The molecule has 49 heavy (non-hydrogen) atoms. The number of halogens is 4. The Labute approximate surface area is 287 Å². The Morgan fingerprint density at radius 2 is 1.84 bits per heavy atom. The molecule has 3 aromatic rings. The summed E-state index contributed by atoms with van der Waals surface area (Å²) >= 11 is 6.17. The van der Waals surface area contributed by atoms with Gasteiger partial charge in [0, 0.05) is 51.6 Å². The summed E-state index contributed by atoms with van der Waals surface area (Å²) in [6, 6.07) is 2.54. The van der Waals surface area contributed by atoms with E-state index in [-0.39, 0.29) is 40.7 Å². The van der Waals surface area contributed by atoms with Crippen LogP contribution in [0.5, 0.6) is 0 Å². The van der Waals surface area contributed by atoms with Crippen molar-refractivity contribution in [1.29, 1.82) is 0 Å². The van der Waals surface area contributed by atoms with Crippen LogP contribution in [-0.4, -0.2) is 99.1 Å². The van der Waals surface area contributed by atoms with Crippen molar-refractivity contribution in [2.24, 2.45) is 0 Å². The number of nitrogens with zero attached hydrogens (tertiary/aromatic N) is 7. The summed E-state index contributed by atoms with van der Waals surface area (Å²) in [5.74, 6) is 0.560. The number of ether oxygens (including phenoxy) is 2. The lowest BCUT2D eigenvalue weighted by atomic mass is 10.1. The fraction of sp³-hybridized carbons (Fsp3) is 0.625. The highest BCUT2D eigenvalue weighted by molar-refractivity contribution is 6.33. The van der Waals surface area contributed by atoms with Gasteiger partial charge in [-0.3, -0.25) is 4.79 Å². The molecule has 0 unspecified atom stereocenters. The number of anilines is 3. The van der Waals surface area contributed by atoms with E-state index < -0.39 is 29.7 Å². The van der Waals surface area contributed by atoms with Crippen LogP contribution in [0.15, 0.2) is 23.0 Å². The molecule has 2 fully saturated rings. The number of alkyl halides is 3. The number of benzene rings is 1. The van der Waals surface area contributed by atoms with Crippen molar-refractivity contribution >= 4 is 40.8 Å². The summed E-state index contributed by atoms with van der Waals surface area (Å²) in [6.07, 6.45) is -4.34. The van der Waals surface area contributed by atoms with E-state index in [0.717, 1.165) is 31.0 Å². The minimum atomic E-state index is -4.57. The van der Waals surface area contributed by atoms with Crippen LogP contribution in [0, 0.1) is 0 Å². The Kier molecular flexibility index (Phi) is 10.6. The zero-order chi connectivity index (χ0) is 35.8. The third kappa shape index (κ3) is 8.01. The van der Waals surface area contributed by atoms with Crippen molar-refractivity contribution in [2.75, 3.05) is 55.0 Å². The van der Waals surface area contributed by atoms with Crippen LogP contribution >= 0.6 is 11.6 Å². The molecular weight excluding hydrogens is 669 g/mol. The number of amides is 1. The molecule has 1 amide bonds. The van der Waals surface area contributed by atoms with Gasteiger partial charge >= 0.3 is 12.3 Å². The summed E-state index contributed by atoms with van der Waals surface area (Å²) in [4.78, 5) is 37.5. The lowest BCUT2D eigenvalue weighted by Crippen LogP contribution is -2.56. The van der Waals surface area contributed by atoms with Crippen LogP contribution in [0.4, 0.5) is 35.3 Å². The molecule has 13 nitrogen and oxygen atoms in total. The van der Waals surface area contributed by atoms with Gasteiger partial charge in [0.15, 0.2) is 0 Å². The number of fused-ring (bicyclic) bond motifs is 1. The molecule has 0 aliphatic carbocycles. The number of aromatic nitrogens is 4. The smallest absolute Gasteiger partial charge is 0.416 e. The standard InChI is InChI=1S/C32H44ClF3N8O5/c1-7-24-26(41-14-15-42(19(2)17-41)30(47)49-31(3,4)5)27(46)44-29(38-28(39-44)40-12-10-21(48-6)11-13-40)43(24)18-25(45)37-23-9-8-20(16-22(23)33)32(34,35)36/h8-9,16,19,21,25,37,45H,7,10-15,17-18H2,1-6H3/t19-,25-/m1/s1. The molecule has 0 saturated carbocycles. The van der Waals surface area contributed by atoms with Gasteiger partial charge in [-0.1, -0.05) is 18.5 Å². The molecule has 0 spiro atoms. The first kappa shape index (κ1) is 36.5. The topological polar surface area (TPSA) is 130 Å². The maximum absolute atomic E-state index is 14.3. The molecule has 2 atom stereocenters. The zero-order valence-corrected chi connectivity index (χ0v) is 29.3. The van der Waals surface area contributed by atoms with E-state index in [1.165, 1.54) is 4.52 Å². The summed E-state index contributed by atoms with van der Waals surface area (Å²) in [6.45, 7) is 11.3. The number of piperidine rings is 1. The SMILES string of the molecule is CCc1c(N2CCN(C(=O)OC(C)(C)C)[C@H](C)C2)c(=O)n2nc(N3CCC(OC)CC3)nc2n1C[C@@H](O)Nc1ccc(C(F)(F)F)cc1Cl. The molecule has 2 aliphatic heterocycles. The van der Waals surface area contributed by atoms with Gasteiger partial charge in [-0.05, 0) is 65.2 Å². The molecular formula is C32H44ClF3N8O5. The molecule has 2 saturated heterocycles. The van der Waals surface area contributed by atoms with Gasteiger partial charge in [-0.25, -0.2) is 4.79 Å². The number of carbonyl (C=O) groups is 1. The van der Waals surface area contributed by atoms with Gasteiger partial charge in [0.05, 0.1) is 28.9 Å². The number of hydrogen-bond acceptors (Lipinski definition) is 10. The molecule has 2 aromatic heterocycles. The molecule has 5 rings (SSSR count). The van der Waals surface area contributed by atoms with E-state index >= 15 is 0 Å². The number of rotatable bonds is 8. The predicted molar refractivity (Wildman–Crippen MR) is 180 cm³/mol. The van der Waals surface area contributed by atoms with Crippen LogP contribution in [0.2, 0.25) is 5.02 Å². The number of methoxy groups -OCH3 is 1. The van der Waals surface area contributed by atoms with Crippen molar-refractivity contribution in [3.8, 4) is 0 Å². The van der Waals surface area contributed by atoms with E-state index in [2.05, 4.69) is 10.4 Å². The van der Waals surface area contributed by atoms with Gasteiger partial charge in [-0.2, -0.15) is 22.7 Å². The largest absolute Gasteiger partial charge is 0.444 e. The highest BCUT2D eigenvalue weighted by Crippen LogP contribution is 2.34. The first-order valence-corrected chi connectivity index (χ1v) is 16.7. The lowest BCUT2D eigenvalue weighted by Gasteiger charge is -2.41. The minimum absolute atomic E-state index is 0.104. The first-order valence-electron chi connectivity index (χ1n) is 16.4. The van der Waals surface area contributed by atoms with Crippen molar-refractivity contribution < 1.29 is 32.5 Å². The number of carbonyl (C=O) groups excluding carboxylic acids is 1. The van der Waals surface area contributed by atoms with E-state index in [1.807, 2.05) is 23.6 Å². The lowest BCUT2D eigenvalue weighted by molar-refractivity contribution is -0.137. The number of piperazine rings is 1. The summed E-state index contributed by atoms with van der Waals surface area (Å²) in [5.41, 5.74) is -0.922. The quantitative estimate of drug-likeness (QED) is 0.320. The zero-order valence-electron chi connectivity index (χ0n) is 28.6. The molecule has 17 heteroatoms. The fourth-order valence-electron chi connectivity index (χ4n) is 6.33. The molecule has 0 radical (unpaired) electrons. The number of nitrogens with one attached hydrogen (secondary N) is 1. The molecule has 0 bridgehead atoms. The summed E-state index contributed by atoms with van der Waals surface area (Å²) < 4.78 is 53.7. The Balaban J connectivity index is 1.52. The Hall–Kier alpha value is -3.76. The van der Waals surface area contributed by atoms with Crippen LogP contribution in [0.3, 0.4) is 0 Å². The molecule has 270 valence electrons. The van der Waals surface area contributed by atoms with Gasteiger partial charge in [0.1, 0.15) is 17.5 Å². The second-order valence-electron chi connectivity index (χ2n) is 13.4. The second kappa shape index (κ2) is 14.2. The van der Waals surface area contributed by atoms with Crippen LogP contribution in [-0.2, 0) is 28.6 Å². The Morgan fingerprint density at radius 3 is 2.41 bits per heavy atom. The van der Waals surface area contributed by atoms with Crippen LogP contribution < -0.4 is 20.7 Å². The summed E-state index contributed by atoms with van der Waals surface area (Å²) in [5, 5.41) is 18.5. The predicted octanol–water partition coefficient (Wildman–Crippen LogP) is 4.62. The highest BCUT2D eigenvalue weighted by Gasteiger charge is 2.35. The first-order chi connectivity index (χ1) is 23.0. The van der Waals surface area contributed by atoms with Crippen molar-refractivity contribution in [3.63, 3.8) is 0 Å². The molecule has 2 N–H and O–H groups in total. The average Bonchev–Trinajstić information content (AvgIpc) is 3.48. The Bertz CT molecular complexity index is 1720. The maximum Gasteiger partial charge on any atom is 0.416 e. The number of hydrogen-bond donors (Lipinski definition) is 2. The van der Waals surface area contributed by atoms with E-state index in [1.54, 1.807) is 37.3 Å². The normalized spacial score (nSPS) is 18.7. The third-order valence-electron chi connectivity index (χ3n) is 8.75. The fourth-order valence-corrected chi connectivity index (χ4v) is 6.56. The molecule has 1 aromatic carbocycles. The second-order valence-corrected chi connectivity index (χ2v) is 13.8. The summed E-state index contributed by atoms with van der Waals surface area (Å²) in [7, 11) is 1.68. The van der Waals surface area contributed by atoms with Gasteiger partial charge in [0.2, 0.25) is 11.7 Å². The maximum atomic E-state index is 14.3. The van der Waals surface area contributed by atoms with Gasteiger partial charge < -0.3 is 39.2 Å². The third-order valence-corrected chi connectivity index (χ3v) is 9.07. The van der Waals surface area contributed by atoms with Gasteiger partial charge in [0.25, 0.3) is 5.56 Å². The molecule has 2 aliphatic rings.